The van der Waals surface area contributed by atoms with Gasteiger partial charge < -0.3 is 9.84 Å². The number of aromatic amines is 1. The van der Waals surface area contributed by atoms with E-state index >= 15 is 0 Å². The first-order valence-corrected chi connectivity index (χ1v) is 10.6. The number of rotatable bonds is 7. The first kappa shape index (κ1) is 21.3. The smallest absolute Gasteiger partial charge is 0.306 e. The molecule has 32 heavy (non-hydrogen) atoms. The van der Waals surface area contributed by atoms with Gasteiger partial charge in [-0.2, -0.15) is 5.10 Å². The third kappa shape index (κ3) is 5.42. The molecule has 0 spiro atoms. The van der Waals surface area contributed by atoms with Crippen molar-refractivity contribution in [3.05, 3.63) is 101 Å². The van der Waals surface area contributed by atoms with Gasteiger partial charge in [0, 0.05) is 23.4 Å². The Morgan fingerprint density at radius 2 is 2.03 bits per heavy atom. The van der Waals surface area contributed by atoms with E-state index in [1.165, 1.54) is 0 Å². The van der Waals surface area contributed by atoms with E-state index in [0.29, 0.717) is 43.6 Å². The van der Waals surface area contributed by atoms with E-state index in [-0.39, 0.29) is 11.7 Å². The molecule has 1 saturated carbocycles. The van der Waals surface area contributed by atoms with Crippen LogP contribution in [-0.4, -0.2) is 27.1 Å². The molecule has 1 aromatic carbocycles. The quantitative estimate of drug-likeness (QED) is 0.368. The van der Waals surface area contributed by atoms with Gasteiger partial charge in [0.05, 0.1) is 11.6 Å². The highest BCUT2D eigenvalue weighted by Gasteiger charge is 2.23. The van der Waals surface area contributed by atoms with E-state index < -0.39 is 5.97 Å². The van der Waals surface area contributed by atoms with Crippen LogP contribution in [0, 0.1) is 5.92 Å². The van der Waals surface area contributed by atoms with Gasteiger partial charge in [0.1, 0.15) is 12.4 Å². The Balaban J connectivity index is 1.37. The topological polar surface area (TPSA) is 92.3 Å². The Kier molecular flexibility index (Phi) is 6.63. The Hall–Kier alpha value is -3.89. The fourth-order valence-corrected chi connectivity index (χ4v) is 3.79. The van der Waals surface area contributed by atoms with Crippen molar-refractivity contribution in [2.45, 2.75) is 32.3 Å². The molecule has 2 aliphatic rings. The van der Waals surface area contributed by atoms with E-state index in [1.54, 1.807) is 24.4 Å². The minimum absolute atomic E-state index is 0.0562. The number of benzene rings is 1. The standard InChI is InChI=1S/C26H24N2O4/c29-25(16-18-7-9-21(10-8-18)26(30)31)22-5-1-3-19(15-22)17-32-23-6-2-4-20(11-12-23)24-13-14-27-28-24/h1,3-6,11-16,21H,7-10,17H2,(H,27,28)(H,30,31). The maximum absolute atomic E-state index is 12.7. The number of allylic oxidation sites excluding steroid dienone is 6. The van der Waals surface area contributed by atoms with E-state index in [0.717, 1.165) is 22.4 Å². The van der Waals surface area contributed by atoms with E-state index in [1.807, 2.05) is 42.5 Å². The molecule has 1 fully saturated rings. The second-order valence-corrected chi connectivity index (χ2v) is 7.89. The van der Waals surface area contributed by atoms with Crippen molar-refractivity contribution >= 4 is 17.3 Å². The first-order valence-electron chi connectivity index (χ1n) is 10.6. The Morgan fingerprint density at radius 3 is 2.78 bits per heavy atom. The van der Waals surface area contributed by atoms with Crippen LogP contribution in [0.25, 0.3) is 5.57 Å². The zero-order valence-corrected chi connectivity index (χ0v) is 17.6. The molecule has 0 aliphatic heterocycles. The number of ether oxygens (including phenoxy) is 1. The fraction of sp³-hybridized carbons (Fsp3) is 0.231. The molecule has 0 unspecified atom stereocenters. The second-order valence-electron chi connectivity index (χ2n) is 7.89. The number of carboxylic acids is 1. The largest absolute Gasteiger partial charge is 0.488 e. The molecule has 162 valence electrons. The monoisotopic (exact) mass is 428 g/mol. The average Bonchev–Trinajstić information content (AvgIpc) is 3.24. The number of ketones is 1. The van der Waals surface area contributed by atoms with Gasteiger partial charge in [-0.15, -0.1) is 5.73 Å². The third-order valence-corrected chi connectivity index (χ3v) is 5.63. The molecule has 2 aromatic rings. The van der Waals surface area contributed by atoms with Crippen molar-refractivity contribution in [1.29, 1.82) is 0 Å². The predicted molar refractivity (Wildman–Crippen MR) is 121 cm³/mol. The Labute approximate surface area is 186 Å². The van der Waals surface area contributed by atoms with Crippen molar-refractivity contribution in [2.75, 3.05) is 0 Å². The highest BCUT2D eigenvalue weighted by molar-refractivity contribution is 6.05. The molecule has 1 heterocycles. The molecule has 6 nitrogen and oxygen atoms in total. The van der Waals surface area contributed by atoms with Crippen LogP contribution in [0.3, 0.4) is 0 Å². The summed E-state index contributed by atoms with van der Waals surface area (Å²) in [6.45, 7) is 0.329. The second kappa shape index (κ2) is 9.94. The predicted octanol–water partition coefficient (Wildman–Crippen LogP) is 5.00. The van der Waals surface area contributed by atoms with Crippen LogP contribution in [0.4, 0.5) is 0 Å². The minimum Gasteiger partial charge on any atom is -0.488 e. The number of hydrogen-bond acceptors (Lipinski definition) is 4. The molecule has 0 saturated heterocycles. The summed E-state index contributed by atoms with van der Waals surface area (Å²) in [5.41, 5.74) is 7.47. The molecule has 0 radical (unpaired) electrons. The molecule has 2 N–H and O–H groups in total. The summed E-state index contributed by atoms with van der Waals surface area (Å²) in [6.07, 6.45) is 13.3. The molecule has 1 aromatic heterocycles. The summed E-state index contributed by atoms with van der Waals surface area (Å²) >= 11 is 0. The molecular weight excluding hydrogens is 404 g/mol. The van der Waals surface area contributed by atoms with E-state index in [4.69, 9.17) is 9.84 Å². The van der Waals surface area contributed by atoms with Crippen LogP contribution in [0.1, 0.15) is 47.3 Å². The fourth-order valence-electron chi connectivity index (χ4n) is 3.79. The number of aromatic nitrogens is 2. The van der Waals surface area contributed by atoms with E-state index in [2.05, 4.69) is 15.9 Å². The van der Waals surface area contributed by atoms with Gasteiger partial charge >= 0.3 is 5.97 Å². The number of nitrogens with one attached hydrogen (secondary N) is 1. The lowest BCUT2D eigenvalue weighted by atomic mass is 9.85. The van der Waals surface area contributed by atoms with E-state index in [9.17, 15) is 9.59 Å². The number of aliphatic carboxylic acids is 1. The van der Waals surface area contributed by atoms with Gasteiger partial charge in [-0.1, -0.05) is 23.8 Å². The SMILES string of the molecule is O=C(C=C1CCC(C(=O)O)CC1)c1cccc(COC2=CC=C(c3ccn[nH]3)C=C=C2)c1. The molecule has 2 aliphatic carbocycles. The van der Waals surface area contributed by atoms with Crippen molar-refractivity contribution in [3.8, 4) is 0 Å². The van der Waals surface area contributed by atoms with Gasteiger partial charge in [0.2, 0.25) is 0 Å². The summed E-state index contributed by atoms with van der Waals surface area (Å²) in [7, 11) is 0. The first-order chi connectivity index (χ1) is 15.6. The van der Waals surface area contributed by atoms with Crippen LogP contribution in [-0.2, 0) is 16.1 Å². The maximum Gasteiger partial charge on any atom is 0.306 e. The maximum atomic E-state index is 12.7. The van der Waals surface area contributed by atoms with Crippen molar-refractivity contribution in [3.63, 3.8) is 0 Å². The van der Waals surface area contributed by atoms with Gasteiger partial charge in [-0.25, -0.2) is 0 Å². The zero-order chi connectivity index (χ0) is 22.3. The summed E-state index contributed by atoms with van der Waals surface area (Å²) < 4.78 is 5.90. The lowest BCUT2D eigenvalue weighted by molar-refractivity contribution is -0.142. The van der Waals surface area contributed by atoms with Crippen LogP contribution in [0.5, 0.6) is 0 Å². The van der Waals surface area contributed by atoms with Crippen LogP contribution in [0.2, 0.25) is 0 Å². The van der Waals surface area contributed by atoms with Gasteiger partial charge in [0.25, 0.3) is 0 Å². The third-order valence-electron chi connectivity index (χ3n) is 5.63. The lowest BCUT2D eigenvalue weighted by Gasteiger charge is -2.20. The number of H-pyrrole nitrogens is 1. The van der Waals surface area contributed by atoms with Gasteiger partial charge in [-0.05, 0) is 67.7 Å². The Bertz CT molecular complexity index is 1150. The van der Waals surface area contributed by atoms with Crippen molar-refractivity contribution < 1.29 is 19.4 Å². The highest BCUT2D eigenvalue weighted by Crippen LogP contribution is 2.28. The van der Waals surface area contributed by atoms with Gasteiger partial charge in [-0.3, -0.25) is 14.7 Å². The normalized spacial score (nSPS) is 17.9. The molecule has 0 bridgehead atoms. The molecule has 0 atom stereocenters. The van der Waals surface area contributed by atoms with Gasteiger partial charge in [0.15, 0.2) is 5.78 Å². The molecule has 4 rings (SSSR count). The van der Waals surface area contributed by atoms with Crippen LogP contribution >= 0.6 is 0 Å². The summed E-state index contributed by atoms with van der Waals surface area (Å²) in [5.74, 6) is -0.426. The number of nitrogens with zero attached hydrogens (tertiary/aromatic N) is 1. The number of hydrogen-bond donors (Lipinski definition) is 2. The Morgan fingerprint density at radius 1 is 1.19 bits per heavy atom. The molecule has 6 heteroatoms. The highest BCUT2D eigenvalue weighted by atomic mass is 16.5. The van der Waals surface area contributed by atoms with Crippen molar-refractivity contribution in [2.24, 2.45) is 5.92 Å². The van der Waals surface area contributed by atoms with Crippen LogP contribution < -0.4 is 0 Å². The average molecular weight is 428 g/mol. The molecule has 0 amide bonds. The lowest BCUT2D eigenvalue weighted by Crippen LogP contribution is -2.18. The van der Waals surface area contributed by atoms with Crippen molar-refractivity contribution in [1.82, 2.24) is 10.2 Å². The number of carboxylic acid groups (broad SMARTS) is 1. The summed E-state index contributed by atoms with van der Waals surface area (Å²) in [4.78, 5) is 23.8. The number of carbonyl (C=O) groups is 2. The minimum atomic E-state index is -0.745. The summed E-state index contributed by atoms with van der Waals surface area (Å²) in [5, 5.41) is 16.0. The number of carbonyl (C=O) groups excluding carboxylic acids is 1. The zero-order valence-electron chi connectivity index (χ0n) is 17.6. The van der Waals surface area contributed by atoms with Crippen LogP contribution in [0.15, 0.2) is 84.0 Å². The summed E-state index contributed by atoms with van der Waals surface area (Å²) in [6, 6.07) is 9.28. The molecular formula is C26H24N2O4.